The zero-order chi connectivity index (χ0) is 21.9. The van der Waals surface area contributed by atoms with Crippen LogP contribution in [0.4, 0.5) is 22.0 Å². The summed E-state index contributed by atoms with van der Waals surface area (Å²) in [4.78, 5) is 17.9. The lowest BCUT2D eigenvalue weighted by molar-refractivity contribution is -0.0632. The molecule has 162 valence electrons. The van der Waals surface area contributed by atoms with E-state index >= 15 is 0 Å². The lowest BCUT2D eigenvalue weighted by atomic mass is 10.0. The van der Waals surface area contributed by atoms with Gasteiger partial charge in [0.05, 0.1) is 16.6 Å². The maximum Gasteiger partial charge on any atom is 0.280 e. The van der Waals surface area contributed by atoms with Crippen LogP contribution in [0.2, 0.25) is 5.02 Å². The Hall–Kier alpha value is -2.26. The van der Waals surface area contributed by atoms with Crippen LogP contribution in [0.3, 0.4) is 0 Å². The number of likely N-dealkylation sites (tertiary alicyclic amines) is 1. The SMILES string of the molecule is O=C(NCC(c1ccc(C(F)F)nc1)N1CCC(F)(F)CC1)c1cccc(F)c1Cl. The monoisotopic (exact) mass is 447 g/mol. The molecule has 1 saturated heterocycles. The van der Waals surface area contributed by atoms with Gasteiger partial charge in [-0.15, -0.1) is 0 Å². The second-order valence-electron chi connectivity index (χ2n) is 7.04. The summed E-state index contributed by atoms with van der Waals surface area (Å²) in [5.41, 5.74) is 0.0280. The van der Waals surface area contributed by atoms with Crippen molar-refractivity contribution < 1.29 is 26.7 Å². The van der Waals surface area contributed by atoms with E-state index in [1.807, 2.05) is 0 Å². The van der Waals surface area contributed by atoms with Gasteiger partial charge in [0.1, 0.15) is 11.5 Å². The fourth-order valence-electron chi connectivity index (χ4n) is 3.33. The van der Waals surface area contributed by atoms with E-state index in [2.05, 4.69) is 10.3 Å². The highest BCUT2D eigenvalue weighted by atomic mass is 35.5. The first-order valence-electron chi connectivity index (χ1n) is 9.26. The van der Waals surface area contributed by atoms with E-state index in [4.69, 9.17) is 11.6 Å². The predicted molar refractivity (Wildman–Crippen MR) is 101 cm³/mol. The fourth-order valence-corrected chi connectivity index (χ4v) is 3.54. The summed E-state index contributed by atoms with van der Waals surface area (Å²) >= 11 is 5.84. The Bertz CT molecular complexity index is 885. The average Bonchev–Trinajstić information content (AvgIpc) is 2.71. The highest BCUT2D eigenvalue weighted by Gasteiger charge is 2.36. The van der Waals surface area contributed by atoms with E-state index in [0.717, 1.165) is 12.1 Å². The molecule has 1 aromatic heterocycles. The average molecular weight is 448 g/mol. The van der Waals surface area contributed by atoms with Crippen molar-refractivity contribution in [2.45, 2.75) is 31.2 Å². The number of amides is 1. The summed E-state index contributed by atoms with van der Waals surface area (Å²) in [6, 6.07) is 5.84. The van der Waals surface area contributed by atoms with Gasteiger partial charge >= 0.3 is 0 Å². The number of halogens is 6. The first-order chi connectivity index (χ1) is 14.2. The summed E-state index contributed by atoms with van der Waals surface area (Å²) < 4.78 is 66.3. The Morgan fingerprint density at radius 1 is 1.20 bits per heavy atom. The molecule has 1 N–H and O–H groups in total. The number of hydrogen-bond acceptors (Lipinski definition) is 3. The molecule has 0 spiro atoms. The van der Waals surface area contributed by atoms with Crippen LogP contribution in [0.5, 0.6) is 0 Å². The number of aromatic nitrogens is 1. The number of rotatable bonds is 6. The van der Waals surface area contributed by atoms with Gasteiger partial charge in [0, 0.05) is 38.7 Å². The molecule has 1 atom stereocenters. The minimum Gasteiger partial charge on any atom is -0.350 e. The molecule has 30 heavy (non-hydrogen) atoms. The first-order valence-corrected chi connectivity index (χ1v) is 9.64. The van der Waals surface area contributed by atoms with Crippen molar-refractivity contribution >= 4 is 17.5 Å². The van der Waals surface area contributed by atoms with E-state index in [1.165, 1.54) is 24.4 Å². The number of nitrogens with zero attached hydrogens (tertiary/aromatic N) is 2. The summed E-state index contributed by atoms with van der Waals surface area (Å²) in [5.74, 6) is -4.15. The molecule has 1 aromatic carbocycles. The lowest BCUT2D eigenvalue weighted by Gasteiger charge is -2.37. The van der Waals surface area contributed by atoms with Crippen LogP contribution in [0.15, 0.2) is 36.5 Å². The zero-order valence-electron chi connectivity index (χ0n) is 15.7. The number of alkyl halides is 4. The summed E-state index contributed by atoms with van der Waals surface area (Å²) in [6.07, 6.45) is -2.19. The standard InChI is InChI=1S/C20H19ClF5N3O/c21-17-13(2-1-3-14(17)22)19(30)28-11-16(29-8-6-20(25,26)7-9-29)12-4-5-15(18(23)24)27-10-12/h1-5,10,16,18H,6-9,11H2,(H,28,30). The Morgan fingerprint density at radius 3 is 2.50 bits per heavy atom. The van der Waals surface area contributed by atoms with Gasteiger partial charge in [-0.3, -0.25) is 14.7 Å². The lowest BCUT2D eigenvalue weighted by Crippen LogP contribution is -2.45. The molecule has 1 amide bonds. The molecule has 1 fully saturated rings. The second kappa shape index (κ2) is 9.26. The summed E-state index contributed by atoms with van der Waals surface area (Å²) in [5, 5.41) is 2.30. The van der Waals surface area contributed by atoms with Gasteiger partial charge in [-0.2, -0.15) is 0 Å². The van der Waals surface area contributed by atoms with Crippen molar-refractivity contribution in [2.24, 2.45) is 0 Å². The van der Waals surface area contributed by atoms with Crippen LogP contribution in [-0.2, 0) is 0 Å². The summed E-state index contributed by atoms with van der Waals surface area (Å²) in [6.45, 7) is 0.0999. The van der Waals surface area contributed by atoms with Crippen LogP contribution in [0, 0.1) is 5.82 Å². The van der Waals surface area contributed by atoms with Crippen molar-refractivity contribution in [1.29, 1.82) is 0 Å². The third-order valence-electron chi connectivity index (χ3n) is 5.04. The van der Waals surface area contributed by atoms with Crippen molar-refractivity contribution in [3.63, 3.8) is 0 Å². The van der Waals surface area contributed by atoms with Gasteiger partial charge < -0.3 is 5.32 Å². The molecule has 0 saturated carbocycles. The molecule has 0 radical (unpaired) electrons. The first kappa shape index (κ1) is 22.4. The minimum absolute atomic E-state index is 0.0209. The van der Waals surface area contributed by atoms with Gasteiger partial charge in [0.15, 0.2) is 0 Å². The largest absolute Gasteiger partial charge is 0.350 e. The molecule has 2 heterocycles. The predicted octanol–water partition coefficient (Wildman–Crippen LogP) is 5.01. The Balaban J connectivity index is 1.79. The normalized spacial score (nSPS) is 17.7. The van der Waals surface area contributed by atoms with Crippen LogP contribution in [0.25, 0.3) is 0 Å². The van der Waals surface area contributed by atoms with Crippen LogP contribution < -0.4 is 5.32 Å². The Labute approximate surface area is 175 Å². The van der Waals surface area contributed by atoms with Crippen molar-refractivity contribution in [1.82, 2.24) is 15.2 Å². The highest BCUT2D eigenvalue weighted by Crippen LogP contribution is 2.32. The molecular weight excluding hydrogens is 429 g/mol. The van der Waals surface area contributed by atoms with E-state index in [-0.39, 0.29) is 43.1 Å². The molecule has 0 bridgehead atoms. The number of piperidine rings is 1. The van der Waals surface area contributed by atoms with E-state index < -0.39 is 35.8 Å². The number of carbonyl (C=O) groups excluding carboxylic acids is 1. The van der Waals surface area contributed by atoms with E-state index in [1.54, 1.807) is 4.90 Å². The smallest absolute Gasteiger partial charge is 0.280 e. The van der Waals surface area contributed by atoms with Gasteiger partial charge in [0.25, 0.3) is 18.3 Å². The maximum absolute atomic E-state index is 13.6. The van der Waals surface area contributed by atoms with Gasteiger partial charge in [-0.25, -0.2) is 22.0 Å². The Morgan fingerprint density at radius 2 is 1.90 bits per heavy atom. The third-order valence-corrected chi connectivity index (χ3v) is 5.42. The van der Waals surface area contributed by atoms with Crippen LogP contribution in [0.1, 0.15) is 46.9 Å². The highest BCUT2D eigenvalue weighted by molar-refractivity contribution is 6.34. The number of pyridine rings is 1. The van der Waals surface area contributed by atoms with Gasteiger partial charge in [0.2, 0.25) is 0 Å². The maximum atomic E-state index is 13.6. The van der Waals surface area contributed by atoms with Crippen LogP contribution in [-0.4, -0.2) is 41.3 Å². The van der Waals surface area contributed by atoms with Crippen LogP contribution >= 0.6 is 11.6 Å². The molecule has 1 aliphatic heterocycles. The number of carbonyl (C=O) groups is 1. The van der Waals surface area contributed by atoms with Crippen molar-refractivity contribution in [3.05, 3.63) is 64.2 Å². The van der Waals surface area contributed by atoms with E-state index in [0.29, 0.717) is 5.56 Å². The Kier molecular flexibility index (Phi) is 6.92. The molecule has 4 nitrogen and oxygen atoms in total. The minimum atomic E-state index is -2.77. The molecule has 10 heteroatoms. The molecule has 0 aliphatic carbocycles. The third kappa shape index (κ3) is 5.26. The molecular formula is C20H19ClF5N3O. The van der Waals surface area contributed by atoms with Gasteiger partial charge in [-0.1, -0.05) is 23.7 Å². The quantitative estimate of drug-likeness (QED) is 0.633. The zero-order valence-corrected chi connectivity index (χ0v) is 16.5. The van der Waals surface area contributed by atoms with Gasteiger partial charge in [-0.05, 0) is 23.8 Å². The summed E-state index contributed by atoms with van der Waals surface area (Å²) in [7, 11) is 0. The topological polar surface area (TPSA) is 45.2 Å². The fraction of sp³-hybridized carbons (Fsp3) is 0.400. The molecule has 3 rings (SSSR count). The number of nitrogens with one attached hydrogen (secondary N) is 1. The number of benzene rings is 1. The number of hydrogen-bond donors (Lipinski definition) is 1. The van der Waals surface area contributed by atoms with Crippen molar-refractivity contribution in [2.75, 3.05) is 19.6 Å². The molecule has 1 unspecified atom stereocenters. The molecule has 2 aromatic rings. The molecule has 1 aliphatic rings. The second-order valence-corrected chi connectivity index (χ2v) is 7.41. The van der Waals surface area contributed by atoms with E-state index in [9.17, 15) is 26.7 Å². The van der Waals surface area contributed by atoms with Crippen molar-refractivity contribution in [3.8, 4) is 0 Å².